The van der Waals surface area contributed by atoms with Gasteiger partial charge in [-0.2, -0.15) is 16.8 Å². The molecule has 0 spiro atoms. The maximum Gasteiger partial charge on any atom is 0.330 e. The van der Waals surface area contributed by atoms with E-state index in [9.17, 15) is 31.5 Å². The van der Waals surface area contributed by atoms with Crippen molar-refractivity contribution < 1.29 is 35.0 Å². The molecule has 2 N–H and O–H groups in total. The molecule has 0 aliphatic carbocycles. The van der Waals surface area contributed by atoms with E-state index in [-0.39, 0.29) is 5.56 Å². The SMILES string of the molecule is Cc1cn([C@@H]2OC(COS(C)(=O)=O)(COS(C)(=O)=O)[C@@H](N=[N+]=[N-])[C@H]2O)c(=O)[nH]c1=O. The number of aromatic amines is 1. The zero-order chi connectivity index (χ0) is 22.9. The number of nitrogens with one attached hydrogen (secondary N) is 1. The third-order valence-corrected chi connectivity index (χ3v) is 5.23. The minimum atomic E-state index is -4.08. The van der Waals surface area contributed by atoms with Crippen molar-refractivity contribution in [2.75, 3.05) is 25.7 Å². The van der Waals surface area contributed by atoms with Gasteiger partial charge in [0.15, 0.2) is 6.23 Å². The zero-order valence-corrected chi connectivity index (χ0v) is 17.6. The number of hydrogen-bond donors (Lipinski definition) is 2. The summed E-state index contributed by atoms with van der Waals surface area (Å²) in [7, 11) is -8.16. The molecule has 1 aromatic rings. The predicted molar refractivity (Wildman–Crippen MR) is 99.4 cm³/mol. The molecule has 3 atom stereocenters. The molecule has 1 aromatic heterocycles. The Labute approximate surface area is 170 Å². The van der Waals surface area contributed by atoms with E-state index in [0.29, 0.717) is 12.5 Å². The summed E-state index contributed by atoms with van der Waals surface area (Å²) in [6, 6.07) is -1.63. The number of nitrogens with zero attached hydrogens (tertiary/aromatic N) is 4. The van der Waals surface area contributed by atoms with Gasteiger partial charge in [-0.25, -0.2) is 4.79 Å². The van der Waals surface area contributed by atoms with Gasteiger partial charge in [-0.15, -0.1) is 0 Å². The Bertz CT molecular complexity index is 1150. The largest absolute Gasteiger partial charge is 0.388 e. The summed E-state index contributed by atoms with van der Waals surface area (Å²) in [5, 5.41) is 14.0. The van der Waals surface area contributed by atoms with Crippen molar-refractivity contribution in [3.63, 3.8) is 0 Å². The number of ether oxygens (including phenoxy) is 1. The average Bonchev–Trinajstić information content (AvgIpc) is 2.87. The number of rotatable bonds is 8. The summed E-state index contributed by atoms with van der Waals surface area (Å²) >= 11 is 0. The summed E-state index contributed by atoms with van der Waals surface area (Å²) in [5.74, 6) is 0. The van der Waals surface area contributed by atoms with E-state index >= 15 is 0 Å². The Balaban J connectivity index is 2.60. The molecule has 1 aliphatic heterocycles. The fourth-order valence-electron chi connectivity index (χ4n) is 2.77. The molecule has 0 radical (unpaired) electrons. The quantitative estimate of drug-likeness (QED) is 0.186. The van der Waals surface area contributed by atoms with Crippen LogP contribution in [0.3, 0.4) is 0 Å². The molecule has 0 aromatic carbocycles. The first kappa shape index (κ1) is 24.0. The lowest BCUT2D eigenvalue weighted by molar-refractivity contribution is -0.123. The van der Waals surface area contributed by atoms with Crippen molar-refractivity contribution >= 4 is 20.2 Å². The maximum atomic E-state index is 12.2. The molecule has 1 aliphatic rings. The average molecular weight is 469 g/mol. The van der Waals surface area contributed by atoms with Crippen LogP contribution in [0.1, 0.15) is 11.8 Å². The van der Waals surface area contributed by atoms with Gasteiger partial charge >= 0.3 is 5.69 Å². The number of hydrogen-bond acceptors (Lipinski definition) is 11. The van der Waals surface area contributed by atoms with E-state index in [1.165, 1.54) is 6.92 Å². The maximum absolute atomic E-state index is 12.2. The highest BCUT2D eigenvalue weighted by Gasteiger charge is 2.57. The van der Waals surface area contributed by atoms with Crippen LogP contribution < -0.4 is 11.2 Å². The van der Waals surface area contributed by atoms with E-state index in [2.05, 4.69) is 10.0 Å². The van der Waals surface area contributed by atoms with E-state index in [4.69, 9.17) is 18.6 Å². The molecule has 2 heterocycles. The molecule has 0 saturated carbocycles. The van der Waals surface area contributed by atoms with Crippen LogP contribution in [-0.4, -0.2) is 75.0 Å². The summed E-state index contributed by atoms with van der Waals surface area (Å²) < 4.78 is 61.7. The zero-order valence-electron chi connectivity index (χ0n) is 16.0. The van der Waals surface area contributed by atoms with Gasteiger partial charge in [-0.05, 0) is 12.5 Å². The Hall–Kier alpha value is -2.27. The molecular weight excluding hydrogens is 450 g/mol. The van der Waals surface area contributed by atoms with Crippen molar-refractivity contribution in [2.45, 2.75) is 30.9 Å². The van der Waals surface area contributed by atoms with Gasteiger partial charge in [-0.3, -0.25) is 22.7 Å². The van der Waals surface area contributed by atoms with Crippen molar-refractivity contribution in [2.24, 2.45) is 5.11 Å². The Morgan fingerprint density at radius 1 is 1.27 bits per heavy atom. The summed E-state index contributed by atoms with van der Waals surface area (Å²) in [6.07, 6.45) is -0.892. The normalized spacial score (nSPS) is 23.8. The van der Waals surface area contributed by atoms with Crippen molar-refractivity contribution in [1.29, 1.82) is 0 Å². The number of azide groups is 1. The molecule has 30 heavy (non-hydrogen) atoms. The second-order valence-corrected chi connectivity index (χ2v) is 9.91. The summed E-state index contributed by atoms with van der Waals surface area (Å²) in [4.78, 5) is 28.3. The van der Waals surface area contributed by atoms with Gasteiger partial charge in [0.2, 0.25) is 0 Å². The first-order valence-corrected chi connectivity index (χ1v) is 11.7. The molecule has 1 fully saturated rings. The van der Waals surface area contributed by atoms with Crippen LogP contribution in [0.5, 0.6) is 0 Å². The van der Waals surface area contributed by atoms with Crippen molar-refractivity contribution in [3.05, 3.63) is 43.0 Å². The number of aromatic nitrogens is 2. The first-order valence-electron chi connectivity index (χ1n) is 8.10. The monoisotopic (exact) mass is 469 g/mol. The predicted octanol–water partition coefficient (Wildman–Crippen LogP) is -1.90. The van der Waals surface area contributed by atoms with Crippen molar-refractivity contribution in [3.8, 4) is 0 Å². The van der Waals surface area contributed by atoms with E-state index in [1.54, 1.807) is 0 Å². The first-order chi connectivity index (χ1) is 13.7. The van der Waals surface area contributed by atoms with Crippen LogP contribution in [0.4, 0.5) is 0 Å². The molecular formula is C13H19N5O10S2. The van der Waals surface area contributed by atoms with Gasteiger partial charge in [0.25, 0.3) is 25.8 Å². The molecule has 2 rings (SSSR count). The number of aryl methyl sites for hydroxylation is 1. The molecule has 15 nitrogen and oxygen atoms in total. The highest BCUT2D eigenvalue weighted by Crippen LogP contribution is 2.40. The van der Waals surface area contributed by atoms with Crippen LogP contribution in [-0.2, 0) is 33.3 Å². The second kappa shape index (κ2) is 8.46. The molecule has 17 heteroatoms. The third-order valence-electron chi connectivity index (χ3n) is 4.14. The minimum Gasteiger partial charge on any atom is -0.388 e. The molecule has 0 bridgehead atoms. The van der Waals surface area contributed by atoms with E-state index in [0.717, 1.165) is 10.8 Å². The van der Waals surface area contributed by atoms with Gasteiger partial charge < -0.3 is 9.84 Å². The number of aliphatic hydroxyl groups is 1. The smallest absolute Gasteiger partial charge is 0.330 e. The summed E-state index contributed by atoms with van der Waals surface area (Å²) in [6.45, 7) is -0.445. The van der Waals surface area contributed by atoms with Crippen LogP contribution in [0.25, 0.3) is 10.4 Å². The summed E-state index contributed by atoms with van der Waals surface area (Å²) in [5.41, 5.74) is 5.16. The van der Waals surface area contributed by atoms with Crippen molar-refractivity contribution in [1.82, 2.24) is 9.55 Å². The van der Waals surface area contributed by atoms with Gasteiger partial charge in [0, 0.05) is 16.7 Å². The molecule has 0 unspecified atom stereocenters. The standard InChI is InChI=1S/C13H19N5O10S2/c1-7-4-18(12(21)15-10(7)20)11-8(19)9(16-17-14)13(28-11,5-26-29(2,22)23)6-27-30(3,24)25/h4,8-9,11,19H,5-6H2,1-3H3,(H,15,20,21)/t8-,9+,11-/m1/s1. The highest BCUT2D eigenvalue weighted by atomic mass is 32.2. The fourth-order valence-corrected chi connectivity index (χ4v) is 3.59. The van der Waals surface area contributed by atoms with Crippen LogP contribution >= 0.6 is 0 Å². The highest BCUT2D eigenvalue weighted by molar-refractivity contribution is 7.86. The molecule has 0 amide bonds. The van der Waals surface area contributed by atoms with Crippen LogP contribution in [0, 0.1) is 6.92 Å². The fraction of sp³-hybridized carbons (Fsp3) is 0.692. The van der Waals surface area contributed by atoms with Gasteiger partial charge in [0.1, 0.15) is 17.7 Å². The lowest BCUT2D eigenvalue weighted by atomic mass is 9.95. The van der Waals surface area contributed by atoms with Gasteiger partial charge in [0.05, 0.1) is 25.7 Å². The van der Waals surface area contributed by atoms with E-state index in [1.807, 2.05) is 4.98 Å². The molecule has 168 valence electrons. The Morgan fingerprint density at radius 2 is 1.80 bits per heavy atom. The third kappa shape index (κ3) is 5.45. The topological polar surface area (TPSA) is 220 Å². The Morgan fingerprint density at radius 3 is 2.27 bits per heavy atom. The number of aliphatic hydroxyl groups excluding tert-OH is 1. The second-order valence-electron chi connectivity index (χ2n) is 6.62. The minimum absolute atomic E-state index is 0.0722. The molecule has 1 saturated heterocycles. The van der Waals surface area contributed by atoms with E-state index < -0.39 is 68.7 Å². The van der Waals surface area contributed by atoms with Gasteiger partial charge in [-0.1, -0.05) is 5.11 Å². The number of H-pyrrole nitrogens is 1. The lowest BCUT2D eigenvalue weighted by Crippen LogP contribution is -2.50. The Kier molecular flexibility index (Phi) is 6.77. The lowest BCUT2D eigenvalue weighted by Gasteiger charge is -2.31. The van der Waals surface area contributed by atoms with Crippen LogP contribution in [0.15, 0.2) is 20.9 Å². The van der Waals surface area contributed by atoms with Crippen LogP contribution in [0.2, 0.25) is 0 Å².